The lowest BCUT2D eigenvalue weighted by Crippen LogP contribution is -2.41. The third-order valence-corrected chi connectivity index (χ3v) is 4.64. The molecule has 0 N–H and O–H groups in total. The average molecular weight is 342 g/mol. The fraction of sp³-hybridized carbons (Fsp3) is 0.545. The third-order valence-electron chi connectivity index (χ3n) is 3.03. The average Bonchev–Trinajstić information content (AvgIpc) is 2.74. The van der Waals surface area contributed by atoms with Crippen LogP contribution in [0.3, 0.4) is 0 Å². The molecule has 0 aromatic carbocycles. The molecule has 1 aromatic rings. The highest BCUT2D eigenvalue weighted by atomic mass is 79.9. The second-order valence-corrected chi connectivity index (χ2v) is 6.67. The van der Waals surface area contributed by atoms with Crippen LogP contribution in [-0.2, 0) is 0 Å². The normalized spacial score (nSPS) is 18.1. The lowest BCUT2D eigenvalue weighted by atomic mass is 9.96. The first-order valence-corrected chi connectivity index (χ1v) is 7.10. The molecule has 0 bridgehead atoms. The quantitative estimate of drug-likeness (QED) is 0.757. The molecule has 0 saturated carbocycles. The SMILES string of the molecule is O=C(c1ccc(Br)s1)N1CCC(C(F)(F)F)CC1. The molecule has 0 atom stereocenters. The lowest BCUT2D eigenvalue weighted by Gasteiger charge is -2.32. The molecular weight excluding hydrogens is 331 g/mol. The van der Waals surface area contributed by atoms with E-state index < -0.39 is 12.1 Å². The van der Waals surface area contributed by atoms with E-state index in [1.807, 2.05) is 0 Å². The Bertz CT molecular complexity index is 438. The number of nitrogens with zero attached hydrogens (tertiary/aromatic N) is 1. The number of amides is 1. The molecule has 2 rings (SSSR count). The summed E-state index contributed by atoms with van der Waals surface area (Å²) in [6.07, 6.45) is -4.13. The molecule has 1 aliphatic heterocycles. The number of thiophene rings is 1. The zero-order valence-electron chi connectivity index (χ0n) is 9.34. The van der Waals surface area contributed by atoms with E-state index in [0.717, 1.165) is 3.79 Å². The standard InChI is InChI=1S/C11H11BrF3NOS/c12-9-2-1-8(18-9)10(17)16-5-3-7(4-6-16)11(13,14)15/h1-2,7H,3-6H2. The van der Waals surface area contributed by atoms with Crippen LogP contribution in [-0.4, -0.2) is 30.1 Å². The minimum Gasteiger partial charge on any atom is -0.338 e. The number of halogens is 4. The highest BCUT2D eigenvalue weighted by molar-refractivity contribution is 9.11. The van der Waals surface area contributed by atoms with E-state index in [2.05, 4.69) is 15.9 Å². The smallest absolute Gasteiger partial charge is 0.338 e. The zero-order valence-corrected chi connectivity index (χ0v) is 11.7. The number of rotatable bonds is 1. The molecule has 1 fully saturated rings. The van der Waals surface area contributed by atoms with E-state index in [-0.39, 0.29) is 31.8 Å². The van der Waals surface area contributed by atoms with Crippen molar-refractivity contribution < 1.29 is 18.0 Å². The van der Waals surface area contributed by atoms with Crippen molar-refractivity contribution in [2.45, 2.75) is 19.0 Å². The molecule has 2 heterocycles. The Hall–Kier alpha value is -0.560. The highest BCUT2D eigenvalue weighted by Gasteiger charge is 2.41. The van der Waals surface area contributed by atoms with Crippen LogP contribution in [0.25, 0.3) is 0 Å². The number of carbonyl (C=O) groups is 1. The monoisotopic (exact) mass is 341 g/mol. The summed E-state index contributed by atoms with van der Waals surface area (Å²) < 4.78 is 38.3. The van der Waals surface area contributed by atoms with Gasteiger partial charge in [0.2, 0.25) is 0 Å². The lowest BCUT2D eigenvalue weighted by molar-refractivity contribution is -0.183. The van der Waals surface area contributed by atoms with Gasteiger partial charge >= 0.3 is 6.18 Å². The van der Waals surface area contributed by atoms with E-state index in [4.69, 9.17) is 0 Å². The number of hydrogen-bond acceptors (Lipinski definition) is 2. The topological polar surface area (TPSA) is 20.3 Å². The Balaban J connectivity index is 1.96. The zero-order chi connectivity index (χ0) is 13.3. The van der Waals surface area contributed by atoms with Crippen LogP contribution >= 0.6 is 27.3 Å². The van der Waals surface area contributed by atoms with Gasteiger partial charge in [-0.15, -0.1) is 11.3 Å². The fourth-order valence-corrected chi connectivity index (χ4v) is 3.35. The molecule has 0 unspecified atom stereocenters. The molecule has 18 heavy (non-hydrogen) atoms. The second-order valence-electron chi connectivity index (χ2n) is 4.21. The molecule has 0 spiro atoms. The van der Waals surface area contributed by atoms with Gasteiger partial charge in [-0.05, 0) is 40.9 Å². The van der Waals surface area contributed by atoms with Crippen LogP contribution in [0.4, 0.5) is 13.2 Å². The first-order valence-electron chi connectivity index (χ1n) is 5.49. The van der Waals surface area contributed by atoms with Gasteiger partial charge in [-0.25, -0.2) is 0 Å². The second kappa shape index (κ2) is 5.21. The van der Waals surface area contributed by atoms with Crippen molar-refractivity contribution in [1.29, 1.82) is 0 Å². The number of hydrogen-bond donors (Lipinski definition) is 0. The van der Waals surface area contributed by atoms with Crippen LogP contribution in [0.15, 0.2) is 15.9 Å². The fourth-order valence-electron chi connectivity index (χ4n) is 1.99. The Morgan fingerprint density at radius 3 is 2.39 bits per heavy atom. The molecule has 1 aliphatic rings. The summed E-state index contributed by atoms with van der Waals surface area (Å²) in [7, 11) is 0. The van der Waals surface area contributed by atoms with Gasteiger partial charge in [-0.3, -0.25) is 4.79 Å². The number of carbonyl (C=O) groups excluding carboxylic acids is 1. The van der Waals surface area contributed by atoms with Crippen LogP contribution in [0.5, 0.6) is 0 Å². The van der Waals surface area contributed by atoms with E-state index in [1.165, 1.54) is 16.2 Å². The van der Waals surface area contributed by atoms with E-state index in [1.54, 1.807) is 12.1 Å². The van der Waals surface area contributed by atoms with E-state index in [9.17, 15) is 18.0 Å². The molecule has 1 aromatic heterocycles. The van der Waals surface area contributed by atoms with Gasteiger partial charge in [0.1, 0.15) is 0 Å². The molecule has 0 radical (unpaired) electrons. The van der Waals surface area contributed by atoms with Crippen molar-refractivity contribution in [2.75, 3.05) is 13.1 Å². The van der Waals surface area contributed by atoms with Gasteiger partial charge in [0.15, 0.2) is 0 Å². The summed E-state index contributed by atoms with van der Waals surface area (Å²) in [6, 6.07) is 3.45. The first kappa shape index (κ1) is 13.9. The third kappa shape index (κ3) is 3.06. The minimum atomic E-state index is -4.14. The van der Waals surface area contributed by atoms with Crippen molar-refractivity contribution >= 4 is 33.2 Å². The maximum atomic E-state index is 12.5. The Kier molecular flexibility index (Phi) is 4.01. The number of likely N-dealkylation sites (tertiary alicyclic amines) is 1. The van der Waals surface area contributed by atoms with Crippen molar-refractivity contribution in [1.82, 2.24) is 4.90 Å². The molecule has 2 nitrogen and oxygen atoms in total. The van der Waals surface area contributed by atoms with E-state index >= 15 is 0 Å². The van der Waals surface area contributed by atoms with Gasteiger partial charge in [-0.1, -0.05) is 0 Å². The van der Waals surface area contributed by atoms with Crippen LogP contribution < -0.4 is 0 Å². The van der Waals surface area contributed by atoms with Crippen molar-refractivity contribution in [3.8, 4) is 0 Å². The van der Waals surface area contributed by atoms with Crippen molar-refractivity contribution in [3.63, 3.8) is 0 Å². The predicted octanol–water partition coefficient (Wildman–Crippen LogP) is 3.93. The summed E-state index contributed by atoms with van der Waals surface area (Å²) in [5, 5.41) is 0. The summed E-state index contributed by atoms with van der Waals surface area (Å²) in [5.41, 5.74) is 0. The van der Waals surface area contributed by atoms with Crippen molar-refractivity contribution in [2.24, 2.45) is 5.92 Å². The molecular formula is C11H11BrF3NOS. The van der Waals surface area contributed by atoms with Crippen LogP contribution in [0.2, 0.25) is 0 Å². The Labute approximate surface area is 115 Å². The first-order chi connectivity index (χ1) is 8.38. The van der Waals surface area contributed by atoms with Gasteiger partial charge in [0, 0.05) is 13.1 Å². The number of piperidine rings is 1. The molecule has 100 valence electrons. The van der Waals surface area contributed by atoms with Crippen LogP contribution in [0.1, 0.15) is 22.5 Å². The summed E-state index contributed by atoms with van der Waals surface area (Å²) in [4.78, 5) is 14.1. The van der Waals surface area contributed by atoms with E-state index in [0.29, 0.717) is 4.88 Å². The van der Waals surface area contributed by atoms with Crippen LogP contribution in [0, 0.1) is 5.92 Å². The summed E-state index contributed by atoms with van der Waals surface area (Å²) in [6.45, 7) is 0.358. The Morgan fingerprint density at radius 2 is 1.94 bits per heavy atom. The maximum absolute atomic E-state index is 12.5. The van der Waals surface area contributed by atoms with Crippen molar-refractivity contribution in [3.05, 3.63) is 20.8 Å². The minimum absolute atomic E-state index is 0.00177. The van der Waals surface area contributed by atoms with Gasteiger partial charge in [0.25, 0.3) is 5.91 Å². The summed E-state index contributed by atoms with van der Waals surface area (Å²) >= 11 is 4.56. The van der Waals surface area contributed by atoms with Gasteiger partial charge in [-0.2, -0.15) is 13.2 Å². The Morgan fingerprint density at radius 1 is 1.33 bits per heavy atom. The maximum Gasteiger partial charge on any atom is 0.391 e. The molecule has 7 heteroatoms. The predicted molar refractivity (Wildman–Crippen MR) is 66.7 cm³/mol. The highest BCUT2D eigenvalue weighted by Crippen LogP contribution is 2.34. The van der Waals surface area contributed by atoms with Gasteiger partial charge < -0.3 is 4.90 Å². The molecule has 1 saturated heterocycles. The molecule has 0 aliphatic carbocycles. The summed E-state index contributed by atoms with van der Waals surface area (Å²) in [5.74, 6) is -1.44. The largest absolute Gasteiger partial charge is 0.391 e. The number of alkyl halides is 3. The van der Waals surface area contributed by atoms with Gasteiger partial charge in [0.05, 0.1) is 14.6 Å². The molecule has 1 amide bonds.